The third-order valence-corrected chi connectivity index (χ3v) is 4.60. The van der Waals surface area contributed by atoms with Crippen LogP contribution < -0.4 is 5.32 Å². The van der Waals surface area contributed by atoms with Crippen LogP contribution in [0.2, 0.25) is 0 Å². The van der Waals surface area contributed by atoms with Gasteiger partial charge in [0.15, 0.2) is 0 Å². The number of rotatable bonds is 5. The number of benzene rings is 1. The highest BCUT2D eigenvalue weighted by Gasteiger charge is 2.20. The first-order chi connectivity index (χ1) is 7.63. The topological polar surface area (TPSA) is 12.0 Å². The quantitative estimate of drug-likeness (QED) is 0.709. The Balaban J connectivity index is 3.06. The maximum absolute atomic E-state index is 3.56. The molecule has 1 aromatic rings. The Morgan fingerprint density at radius 3 is 2.44 bits per heavy atom. The molecule has 0 aliphatic carbocycles. The molecule has 0 radical (unpaired) electrons. The van der Waals surface area contributed by atoms with Gasteiger partial charge in [-0.1, -0.05) is 42.6 Å². The van der Waals surface area contributed by atoms with E-state index in [-0.39, 0.29) is 0 Å². The first kappa shape index (κ1) is 14.5. The van der Waals surface area contributed by atoms with Crippen LogP contribution in [-0.2, 0) is 0 Å². The van der Waals surface area contributed by atoms with Crippen LogP contribution in [0.1, 0.15) is 38.3 Å². The van der Waals surface area contributed by atoms with Crippen molar-refractivity contribution >= 4 is 38.5 Å². The van der Waals surface area contributed by atoms with Crippen molar-refractivity contribution in [2.75, 3.05) is 7.05 Å². The Labute approximate surface area is 121 Å². The van der Waals surface area contributed by atoms with Gasteiger partial charge >= 0.3 is 0 Å². The fourth-order valence-electron chi connectivity index (χ4n) is 2.16. The van der Waals surface area contributed by atoms with E-state index in [9.17, 15) is 0 Å². The van der Waals surface area contributed by atoms with Gasteiger partial charge in [0.25, 0.3) is 0 Å². The van der Waals surface area contributed by atoms with Crippen LogP contribution in [0, 0.1) is 9.49 Å². The molecule has 16 heavy (non-hydrogen) atoms. The molecular formula is C13H19BrIN. The number of hydrogen-bond donors (Lipinski definition) is 1. The van der Waals surface area contributed by atoms with Crippen molar-refractivity contribution in [2.45, 2.75) is 32.7 Å². The van der Waals surface area contributed by atoms with Gasteiger partial charge in [-0.15, -0.1) is 0 Å². The first-order valence-corrected chi connectivity index (χ1v) is 7.63. The van der Waals surface area contributed by atoms with E-state index >= 15 is 0 Å². The minimum Gasteiger partial charge on any atom is -0.313 e. The maximum Gasteiger partial charge on any atom is 0.0356 e. The predicted molar refractivity (Wildman–Crippen MR) is 82.7 cm³/mol. The molecule has 0 bridgehead atoms. The molecule has 3 heteroatoms. The molecule has 0 heterocycles. The third-order valence-electron chi connectivity index (χ3n) is 3.12. The molecule has 1 nitrogen and oxygen atoms in total. The molecule has 0 saturated carbocycles. The van der Waals surface area contributed by atoms with Crippen molar-refractivity contribution in [1.29, 1.82) is 0 Å². The molecule has 0 fully saturated rings. The van der Waals surface area contributed by atoms with E-state index < -0.39 is 0 Å². The van der Waals surface area contributed by atoms with Gasteiger partial charge in [-0.2, -0.15) is 0 Å². The second-order valence-corrected chi connectivity index (χ2v) is 6.09. The SMILES string of the molecule is CCC(CC)C(NC)c1cc(Br)ccc1I. The van der Waals surface area contributed by atoms with E-state index in [0.29, 0.717) is 12.0 Å². The van der Waals surface area contributed by atoms with E-state index in [4.69, 9.17) is 0 Å². The van der Waals surface area contributed by atoms with Crippen LogP contribution in [0.3, 0.4) is 0 Å². The molecule has 0 saturated heterocycles. The minimum absolute atomic E-state index is 0.458. The van der Waals surface area contributed by atoms with E-state index in [1.54, 1.807) is 0 Å². The zero-order valence-corrected chi connectivity index (χ0v) is 13.8. The lowest BCUT2D eigenvalue weighted by Gasteiger charge is -2.26. The van der Waals surface area contributed by atoms with E-state index in [1.165, 1.54) is 22.0 Å². The Hall–Kier alpha value is 0.390. The van der Waals surface area contributed by atoms with Gasteiger partial charge in [0.2, 0.25) is 0 Å². The lowest BCUT2D eigenvalue weighted by atomic mass is 9.89. The molecule has 90 valence electrons. The molecule has 0 amide bonds. The largest absolute Gasteiger partial charge is 0.313 e. The second kappa shape index (κ2) is 6.97. The predicted octanol–water partition coefficient (Wildman–Crippen LogP) is 4.75. The Morgan fingerprint density at radius 2 is 1.94 bits per heavy atom. The molecule has 1 N–H and O–H groups in total. The summed E-state index contributed by atoms with van der Waals surface area (Å²) in [6, 6.07) is 6.97. The summed E-state index contributed by atoms with van der Waals surface area (Å²) < 4.78 is 2.50. The molecular weight excluding hydrogens is 377 g/mol. The summed E-state index contributed by atoms with van der Waals surface area (Å²) in [6.07, 6.45) is 2.43. The zero-order chi connectivity index (χ0) is 12.1. The van der Waals surface area contributed by atoms with Crippen molar-refractivity contribution in [2.24, 2.45) is 5.92 Å². The van der Waals surface area contributed by atoms with Crippen molar-refractivity contribution < 1.29 is 0 Å². The van der Waals surface area contributed by atoms with Gasteiger partial charge in [-0.25, -0.2) is 0 Å². The van der Waals surface area contributed by atoms with Crippen molar-refractivity contribution in [3.8, 4) is 0 Å². The fourth-order valence-corrected chi connectivity index (χ4v) is 3.21. The van der Waals surface area contributed by atoms with Gasteiger partial charge in [0.05, 0.1) is 0 Å². The van der Waals surface area contributed by atoms with E-state index in [0.717, 1.165) is 4.47 Å². The Morgan fingerprint density at radius 1 is 1.31 bits per heavy atom. The summed E-state index contributed by atoms with van der Waals surface area (Å²) in [4.78, 5) is 0. The molecule has 1 aromatic carbocycles. The average molecular weight is 396 g/mol. The van der Waals surface area contributed by atoms with Crippen LogP contribution in [-0.4, -0.2) is 7.05 Å². The average Bonchev–Trinajstić information content (AvgIpc) is 2.29. The lowest BCUT2D eigenvalue weighted by molar-refractivity contribution is 0.358. The summed E-state index contributed by atoms with van der Waals surface area (Å²) in [5.41, 5.74) is 1.41. The van der Waals surface area contributed by atoms with Crippen molar-refractivity contribution in [3.63, 3.8) is 0 Å². The highest BCUT2D eigenvalue weighted by Crippen LogP contribution is 2.31. The van der Waals surface area contributed by atoms with E-state index in [1.807, 2.05) is 0 Å². The number of nitrogens with one attached hydrogen (secondary N) is 1. The summed E-state index contributed by atoms with van der Waals surface area (Å²) in [5, 5.41) is 3.46. The van der Waals surface area contributed by atoms with E-state index in [2.05, 4.69) is 82.9 Å². The van der Waals surface area contributed by atoms with Crippen molar-refractivity contribution in [3.05, 3.63) is 31.8 Å². The van der Waals surface area contributed by atoms with Gasteiger partial charge < -0.3 is 5.32 Å². The van der Waals surface area contributed by atoms with Crippen LogP contribution in [0.5, 0.6) is 0 Å². The fraction of sp³-hybridized carbons (Fsp3) is 0.538. The zero-order valence-electron chi connectivity index (χ0n) is 10.1. The Kier molecular flexibility index (Phi) is 6.29. The standard InChI is InChI=1S/C13H19BrIN/c1-4-9(5-2)13(16-3)11-8-10(14)6-7-12(11)15/h6-9,13,16H,4-5H2,1-3H3. The molecule has 1 unspecified atom stereocenters. The minimum atomic E-state index is 0.458. The van der Waals surface area contributed by atoms with Gasteiger partial charge in [0, 0.05) is 14.1 Å². The normalized spacial score (nSPS) is 13.1. The van der Waals surface area contributed by atoms with Gasteiger partial charge in [-0.05, 0) is 59.3 Å². The summed E-state index contributed by atoms with van der Waals surface area (Å²) in [5.74, 6) is 0.702. The number of hydrogen-bond acceptors (Lipinski definition) is 1. The smallest absolute Gasteiger partial charge is 0.0356 e. The summed E-state index contributed by atoms with van der Waals surface area (Å²) in [6.45, 7) is 4.53. The van der Waals surface area contributed by atoms with Crippen molar-refractivity contribution in [1.82, 2.24) is 5.32 Å². The highest BCUT2D eigenvalue weighted by atomic mass is 127. The van der Waals surface area contributed by atoms with Gasteiger partial charge in [0.1, 0.15) is 0 Å². The lowest BCUT2D eigenvalue weighted by Crippen LogP contribution is -2.25. The monoisotopic (exact) mass is 395 g/mol. The molecule has 0 aliphatic heterocycles. The van der Waals surface area contributed by atoms with Crippen LogP contribution in [0.15, 0.2) is 22.7 Å². The number of halogens is 2. The van der Waals surface area contributed by atoms with Crippen LogP contribution in [0.25, 0.3) is 0 Å². The second-order valence-electron chi connectivity index (χ2n) is 4.01. The molecule has 1 atom stereocenters. The Bertz CT molecular complexity index is 337. The molecule has 0 aliphatic rings. The summed E-state index contributed by atoms with van der Waals surface area (Å²) >= 11 is 5.98. The summed E-state index contributed by atoms with van der Waals surface area (Å²) in [7, 11) is 2.06. The molecule has 1 rings (SSSR count). The highest BCUT2D eigenvalue weighted by molar-refractivity contribution is 14.1. The first-order valence-electron chi connectivity index (χ1n) is 5.76. The molecule has 0 spiro atoms. The van der Waals surface area contributed by atoms with Gasteiger partial charge in [-0.3, -0.25) is 0 Å². The molecule has 0 aromatic heterocycles. The van der Waals surface area contributed by atoms with Crippen LogP contribution in [0.4, 0.5) is 0 Å². The van der Waals surface area contributed by atoms with Crippen LogP contribution >= 0.6 is 38.5 Å². The maximum atomic E-state index is 3.56. The third kappa shape index (κ3) is 3.44.